The van der Waals surface area contributed by atoms with Crippen molar-refractivity contribution in [2.45, 2.75) is 45.1 Å². The molecule has 2 heterocycles. The van der Waals surface area contributed by atoms with Gasteiger partial charge in [0.2, 0.25) is 0 Å². The minimum Gasteiger partial charge on any atom is -0.324 e. The van der Waals surface area contributed by atoms with E-state index in [1.807, 2.05) is 5.51 Å². The Morgan fingerprint density at radius 2 is 2.05 bits per heavy atom. The number of nitrogens with zero attached hydrogens (tertiary/aromatic N) is 3. The first-order chi connectivity index (χ1) is 9.08. The van der Waals surface area contributed by atoms with Crippen LogP contribution in [0.1, 0.15) is 44.6 Å². The molecule has 0 saturated heterocycles. The quantitative estimate of drug-likeness (QED) is 0.934. The summed E-state index contributed by atoms with van der Waals surface area (Å²) in [6.45, 7) is 5.08. The summed E-state index contributed by atoms with van der Waals surface area (Å²) in [5, 5.41) is 0. The number of nitrogens with two attached hydrogens (primary N) is 1. The van der Waals surface area contributed by atoms with Crippen LogP contribution in [0, 0.1) is 11.3 Å². The van der Waals surface area contributed by atoms with Crippen LogP contribution in [-0.4, -0.2) is 15.0 Å². The summed E-state index contributed by atoms with van der Waals surface area (Å²) in [5.74, 6) is 1.51. The third-order valence-corrected chi connectivity index (χ3v) is 6.04. The van der Waals surface area contributed by atoms with Crippen LogP contribution in [0.4, 0.5) is 0 Å². The Balaban J connectivity index is 1.79. The first kappa shape index (κ1) is 11.7. The molecule has 2 bridgehead atoms. The lowest BCUT2D eigenvalue weighted by Gasteiger charge is -2.72. The largest absolute Gasteiger partial charge is 0.324 e. The molecule has 0 spiro atoms. The smallest absolute Gasteiger partial charge is 0.174 e. The third-order valence-electron chi connectivity index (χ3n) is 5.22. The Labute approximate surface area is 116 Å². The zero-order valence-corrected chi connectivity index (χ0v) is 12.1. The van der Waals surface area contributed by atoms with Crippen LogP contribution in [0.2, 0.25) is 0 Å². The van der Waals surface area contributed by atoms with E-state index >= 15 is 0 Å². The Hall–Kier alpha value is -1.07. The molecule has 0 unspecified atom stereocenters. The van der Waals surface area contributed by atoms with Gasteiger partial charge in [-0.25, -0.2) is 15.0 Å². The highest BCUT2D eigenvalue weighted by atomic mass is 32.1. The molecular formula is C14H18N4S. The van der Waals surface area contributed by atoms with Gasteiger partial charge in [-0.15, -0.1) is 11.3 Å². The summed E-state index contributed by atoms with van der Waals surface area (Å²) in [5.41, 5.74) is 10.5. The molecule has 3 fully saturated rings. The lowest BCUT2D eigenvalue weighted by atomic mass is 9.31. The zero-order valence-electron chi connectivity index (χ0n) is 11.3. The van der Waals surface area contributed by atoms with Gasteiger partial charge in [-0.1, -0.05) is 13.8 Å². The van der Waals surface area contributed by atoms with Crippen molar-refractivity contribution in [2.24, 2.45) is 17.1 Å². The monoisotopic (exact) mass is 274 g/mol. The van der Waals surface area contributed by atoms with Gasteiger partial charge < -0.3 is 5.73 Å². The van der Waals surface area contributed by atoms with E-state index in [9.17, 15) is 0 Å². The maximum Gasteiger partial charge on any atom is 0.174 e. The van der Waals surface area contributed by atoms with Gasteiger partial charge in [-0.05, 0) is 30.6 Å². The summed E-state index contributed by atoms with van der Waals surface area (Å²) in [4.78, 5) is 13.5. The zero-order chi connectivity index (χ0) is 13.3. The molecule has 0 aromatic carbocycles. The first-order valence-corrected chi connectivity index (χ1v) is 7.77. The van der Waals surface area contributed by atoms with E-state index in [0.717, 1.165) is 17.4 Å². The van der Waals surface area contributed by atoms with Crippen molar-refractivity contribution in [3.8, 4) is 0 Å². The third kappa shape index (κ3) is 1.35. The lowest BCUT2D eigenvalue weighted by molar-refractivity contribution is -0.173. The minimum atomic E-state index is 0.307. The highest BCUT2D eigenvalue weighted by molar-refractivity contribution is 7.16. The fourth-order valence-corrected chi connectivity index (χ4v) is 4.82. The van der Waals surface area contributed by atoms with E-state index in [-0.39, 0.29) is 0 Å². The number of aromatic nitrogens is 3. The fourth-order valence-electron chi connectivity index (χ4n) is 3.99. The second-order valence-electron chi connectivity index (χ2n) is 6.53. The molecule has 3 saturated carbocycles. The average Bonchev–Trinajstić information content (AvgIpc) is 2.72. The molecule has 0 atom stereocenters. The number of hydrogen-bond acceptors (Lipinski definition) is 5. The second kappa shape index (κ2) is 3.52. The van der Waals surface area contributed by atoms with Crippen molar-refractivity contribution in [3.05, 3.63) is 17.0 Å². The summed E-state index contributed by atoms with van der Waals surface area (Å²) in [6, 6.07) is 0. The molecule has 0 radical (unpaired) electrons. The summed E-state index contributed by atoms with van der Waals surface area (Å²) in [6.07, 6.45) is 3.85. The molecule has 5 heteroatoms. The molecule has 2 aromatic heterocycles. The predicted octanol–water partition coefficient (Wildman–Crippen LogP) is 2.62. The van der Waals surface area contributed by atoms with Gasteiger partial charge in [0.15, 0.2) is 5.65 Å². The van der Waals surface area contributed by atoms with Crippen molar-refractivity contribution < 1.29 is 0 Å². The van der Waals surface area contributed by atoms with Gasteiger partial charge in [-0.2, -0.15) is 0 Å². The van der Waals surface area contributed by atoms with Crippen molar-refractivity contribution in [1.82, 2.24) is 15.0 Å². The van der Waals surface area contributed by atoms with Crippen LogP contribution in [0.15, 0.2) is 5.51 Å². The van der Waals surface area contributed by atoms with Gasteiger partial charge in [0.05, 0.1) is 22.4 Å². The highest BCUT2D eigenvalue weighted by Gasteiger charge is 2.70. The maximum absolute atomic E-state index is 5.72. The fraction of sp³-hybridized carbons (Fsp3) is 0.643. The van der Waals surface area contributed by atoms with E-state index in [4.69, 9.17) is 10.7 Å². The number of fused-ring (bicyclic) bond motifs is 1. The van der Waals surface area contributed by atoms with Crippen LogP contribution >= 0.6 is 11.3 Å². The predicted molar refractivity (Wildman–Crippen MR) is 75.9 cm³/mol. The van der Waals surface area contributed by atoms with Crippen LogP contribution in [0.3, 0.4) is 0 Å². The van der Waals surface area contributed by atoms with E-state index in [2.05, 4.69) is 23.8 Å². The molecular weight excluding hydrogens is 256 g/mol. The molecule has 19 heavy (non-hydrogen) atoms. The summed E-state index contributed by atoms with van der Waals surface area (Å²) < 4.78 is 1.18. The van der Waals surface area contributed by atoms with E-state index in [1.165, 1.54) is 29.7 Å². The molecule has 5 rings (SSSR count). The van der Waals surface area contributed by atoms with Crippen LogP contribution in [-0.2, 0) is 12.0 Å². The Morgan fingerprint density at radius 1 is 1.32 bits per heavy atom. The standard InChI is InChI=1S/C14H18N4S/c1-8(2)13-4-14(5-13,6-13)11-10-12(16-7-19-10)18-9(3-15)17-11/h7-8H,3-6,15H2,1-2H3. The molecule has 3 aliphatic carbocycles. The molecule has 2 N–H and O–H groups in total. The van der Waals surface area contributed by atoms with Gasteiger partial charge in [-0.3, -0.25) is 0 Å². The number of thiazole rings is 1. The SMILES string of the molecule is CC(C)C12CC(c3nc(CN)nc4ncsc34)(C1)C2. The van der Waals surface area contributed by atoms with Crippen molar-refractivity contribution in [2.75, 3.05) is 0 Å². The van der Waals surface area contributed by atoms with Gasteiger partial charge in [0, 0.05) is 5.41 Å². The van der Waals surface area contributed by atoms with E-state index in [0.29, 0.717) is 17.4 Å². The van der Waals surface area contributed by atoms with Crippen molar-refractivity contribution >= 4 is 21.7 Å². The van der Waals surface area contributed by atoms with Crippen molar-refractivity contribution in [1.29, 1.82) is 0 Å². The van der Waals surface area contributed by atoms with Crippen molar-refractivity contribution in [3.63, 3.8) is 0 Å². The normalized spacial score (nSPS) is 32.4. The van der Waals surface area contributed by atoms with Crippen LogP contribution < -0.4 is 5.73 Å². The first-order valence-electron chi connectivity index (χ1n) is 6.89. The minimum absolute atomic E-state index is 0.307. The molecule has 3 aliphatic rings. The number of hydrogen-bond donors (Lipinski definition) is 1. The summed E-state index contributed by atoms with van der Waals surface area (Å²) in [7, 11) is 0. The van der Waals surface area contributed by atoms with E-state index in [1.54, 1.807) is 11.3 Å². The van der Waals surface area contributed by atoms with E-state index < -0.39 is 0 Å². The summed E-state index contributed by atoms with van der Waals surface area (Å²) >= 11 is 1.66. The van der Waals surface area contributed by atoms with Crippen LogP contribution in [0.5, 0.6) is 0 Å². The molecule has 0 amide bonds. The topological polar surface area (TPSA) is 64.7 Å². The Kier molecular flexibility index (Phi) is 2.17. The van der Waals surface area contributed by atoms with Crippen LogP contribution in [0.25, 0.3) is 10.3 Å². The Bertz CT molecular complexity index is 641. The second-order valence-corrected chi connectivity index (χ2v) is 7.38. The number of rotatable bonds is 3. The lowest BCUT2D eigenvalue weighted by Crippen LogP contribution is -2.67. The average molecular weight is 274 g/mol. The highest BCUT2D eigenvalue weighted by Crippen LogP contribution is 2.76. The molecule has 100 valence electrons. The molecule has 4 nitrogen and oxygen atoms in total. The Morgan fingerprint density at radius 3 is 2.68 bits per heavy atom. The van der Waals surface area contributed by atoms with Gasteiger partial charge in [0.25, 0.3) is 0 Å². The van der Waals surface area contributed by atoms with Gasteiger partial charge in [0.1, 0.15) is 5.82 Å². The maximum atomic E-state index is 5.72. The molecule has 0 aliphatic heterocycles. The van der Waals surface area contributed by atoms with Gasteiger partial charge >= 0.3 is 0 Å². The molecule has 2 aromatic rings.